The van der Waals surface area contributed by atoms with E-state index in [9.17, 15) is 18.0 Å². The van der Waals surface area contributed by atoms with E-state index in [0.29, 0.717) is 30.5 Å². The number of amides is 1. The van der Waals surface area contributed by atoms with Gasteiger partial charge in [0, 0.05) is 31.0 Å². The van der Waals surface area contributed by atoms with Crippen LogP contribution in [0.3, 0.4) is 0 Å². The van der Waals surface area contributed by atoms with Crippen LogP contribution in [0.2, 0.25) is 0 Å². The minimum atomic E-state index is -3.12. The van der Waals surface area contributed by atoms with Crippen molar-refractivity contribution in [3.63, 3.8) is 0 Å². The Kier molecular flexibility index (Phi) is 4.88. The van der Waals surface area contributed by atoms with Crippen molar-refractivity contribution in [3.05, 3.63) is 39.8 Å². The zero-order valence-corrected chi connectivity index (χ0v) is 16.0. The molecule has 3 rings (SSSR count). The number of nitrogens with zero attached hydrogens (tertiary/aromatic N) is 3. The van der Waals surface area contributed by atoms with Gasteiger partial charge in [0.1, 0.15) is 11.2 Å². The molecule has 0 aromatic carbocycles. The summed E-state index contributed by atoms with van der Waals surface area (Å²) in [6, 6.07) is 3.07. The van der Waals surface area contributed by atoms with E-state index >= 15 is 0 Å². The average molecular weight is 377 g/mol. The van der Waals surface area contributed by atoms with Gasteiger partial charge >= 0.3 is 0 Å². The number of hydrogen-bond donors (Lipinski definition) is 0. The molecule has 1 atom stereocenters. The highest BCUT2D eigenvalue weighted by atomic mass is 32.2. The number of fused-ring (bicyclic) bond motifs is 1. The normalized spacial score (nSPS) is 19.0. The maximum atomic E-state index is 13.1. The van der Waals surface area contributed by atoms with Crippen LogP contribution < -0.4 is 5.43 Å². The number of carbonyl (C=O) groups is 1. The van der Waals surface area contributed by atoms with E-state index < -0.39 is 15.7 Å². The second kappa shape index (κ2) is 6.83. The first-order valence-electron chi connectivity index (χ1n) is 8.79. The van der Waals surface area contributed by atoms with Crippen molar-refractivity contribution in [2.45, 2.75) is 39.8 Å². The summed E-state index contributed by atoms with van der Waals surface area (Å²) >= 11 is 0. The van der Waals surface area contributed by atoms with Gasteiger partial charge in [0.05, 0.1) is 16.9 Å². The van der Waals surface area contributed by atoms with Crippen molar-refractivity contribution < 1.29 is 13.2 Å². The Bertz CT molecular complexity index is 1030. The molecular weight excluding hydrogens is 354 g/mol. The number of hydrogen-bond acceptors (Lipinski definition) is 5. The van der Waals surface area contributed by atoms with Crippen molar-refractivity contribution >= 4 is 26.8 Å². The molecule has 0 radical (unpaired) electrons. The smallest absolute Gasteiger partial charge is 0.259 e. The van der Waals surface area contributed by atoms with Gasteiger partial charge in [0.25, 0.3) is 5.91 Å². The third kappa shape index (κ3) is 3.25. The lowest BCUT2D eigenvalue weighted by Crippen LogP contribution is -2.43. The van der Waals surface area contributed by atoms with E-state index in [1.54, 1.807) is 29.8 Å². The van der Waals surface area contributed by atoms with Gasteiger partial charge in [-0.3, -0.25) is 9.59 Å². The Labute approximate surface area is 152 Å². The van der Waals surface area contributed by atoms with E-state index in [0.717, 1.165) is 5.69 Å². The average Bonchev–Trinajstić information content (AvgIpc) is 2.95. The summed E-state index contributed by atoms with van der Waals surface area (Å²) in [4.78, 5) is 31.9. The summed E-state index contributed by atoms with van der Waals surface area (Å²) in [6.07, 6.45) is 1.96. The Hall–Kier alpha value is -2.22. The molecule has 0 N–H and O–H groups in total. The van der Waals surface area contributed by atoms with Crippen molar-refractivity contribution in [1.82, 2.24) is 14.5 Å². The quantitative estimate of drug-likeness (QED) is 0.803. The molecule has 1 fully saturated rings. The van der Waals surface area contributed by atoms with Crippen LogP contribution in [0, 0.1) is 6.92 Å². The largest absolute Gasteiger partial charge is 0.335 e. The highest BCUT2D eigenvalue weighted by Crippen LogP contribution is 2.20. The van der Waals surface area contributed by atoms with Crippen LogP contribution in [0.1, 0.15) is 36.3 Å². The number of sulfone groups is 1. The molecule has 1 amide bonds. The molecule has 8 heteroatoms. The van der Waals surface area contributed by atoms with E-state index in [1.807, 2.05) is 13.8 Å². The van der Waals surface area contributed by atoms with Gasteiger partial charge < -0.3 is 9.47 Å². The second-order valence-corrected chi connectivity index (χ2v) is 8.86. The molecule has 3 heterocycles. The van der Waals surface area contributed by atoms with Crippen LogP contribution in [-0.2, 0) is 16.4 Å². The number of aryl methyl sites for hydroxylation is 2. The molecule has 0 aliphatic carbocycles. The topological polar surface area (TPSA) is 89.3 Å². The Balaban J connectivity index is 2.09. The standard InChI is InChI=1S/C18H23N3O4S/c1-4-20-10-15(16(22)14-7-6-12(3)19-17(14)20)18(23)21(5-2)13-8-9-26(24,25)11-13/h6-7,10,13H,4-5,8-9,11H2,1-3H3. The Morgan fingerprint density at radius 2 is 2.08 bits per heavy atom. The molecule has 2 aromatic heterocycles. The minimum absolute atomic E-state index is 0.0388. The summed E-state index contributed by atoms with van der Waals surface area (Å²) < 4.78 is 25.4. The first kappa shape index (κ1) is 18.6. The van der Waals surface area contributed by atoms with Gasteiger partial charge in [0.15, 0.2) is 9.84 Å². The summed E-state index contributed by atoms with van der Waals surface area (Å²) in [5.74, 6) is -0.367. The third-order valence-corrected chi connectivity index (χ3v) is 6.63. The van der Waals surface area contributed by atoms with Crippen molar-refractivity contribution in [1.29, 1.82) is 0 Å². The van der Waals surface area contributed by atoms with Crippen molar-refractivity contribution in [2.24, 2.45) is 0 Å². The van der Waals surface area contributed by atoms with Crippen LogP contribution in [0.25, 0.3) is 11.0 Å². The molecule has 2 aromatic rings. The lowest BCUT2D eigenvalue weighted by Gasteiger charge is -2.27. The number of carbonyl (C=O) groups excluding carboxylic acids is 1. The van der Waals surface area contributed by atoms with Gasteiger partial charge in [-0.15, -0.1) is 0 Å². The van der Waals surface area contributed by atoms with Crippen molar-refractivity contribution in [2.75, 3.05) is 18.1 Å². The lowest BCUT2D eigenvalue weighted by atomic mass is 10.1. The minimum Gasteiger partial charge on any atom is -0.335 e. The zero-order valence-electron chi connectivity index (χ0n) is 15.2. The van der Waals surface area contributed by atoms with Gasteiger partial charge in [-0.2, -0.15) is 0 Å². The zero-order chi connectivity index (χ0) is 19.1. The van der Waals surface area contributed by atoms with Gasteiger partial charge in [-0.05, 0) is 39.3 Å². The fourth-order valence-electron chi connectivity index (χ4n) is 3.50. The first-order chi connectivity index (χ1) is 12.3. The fourth-order valence-corrected chi connectivity index (χ4v) is 5.23. The summed E-state index contributed by atoms with van der Waals surface area (Å²) in [5, 5.41) is 0.401. The van der Waals surface area contributed by atoms with Crippen molar-refractivity contribution in [3.8, 4) is 0 Å². The molecule has 0 bridgehead atoms. The molecule has 1 aliphatic heterocycles. The summed E-state index contributed by atoms with van der Waals surface area (Å²) in [7, 11) is -3.12. The predicted octanol–water partition coefficient (Wildman–Crippen LogP) is 1.37. The molecular formula is C18H23N3O4S. The maximum absolute atomic E-state index is 13.1. The van der Waals surface area contributed by atoms with Crippen LogP contribution in [0.4, 0.5) is 0 Å². The van der Waals surface area contributed by atoms with Crippen LogP contribution in [0.5, 0.6) is 0 Å². The number of rotatable bonds is 4. The summed E-state index contributed by atoms with van der Waals surface area (Å²) in [6.45, 7) is 6.49. The molecule has 1 saturated heterocycles. The van der Waals surface area contributed by atoms with E-state index in [1.165, 1.54) is 4.90 Å². The predicted molar refractivity (Wildman–Crippen MR) is 100 cm³/mol. The maximum Gasteiger partial charge on any atom is 0.259 e. The highest BCUT2D eigenvalue weighted by Gasteiger charge is 2.35. The lowest BCUT2D eigenvalue weighted by molar-refractivity contribution is 0.0706. The molecule has 26 heavy (non-hydrogen) atoms. The van der Waals surface area contributed by atoms with Gasteiger partial charge in [-0.1, -0.05) is 0 Å². The third-order valence-electron chi connectivity index (χ3n) is 4.88. The Morgan fingerprint density at radius 3 is 2.65 bits per heavy atom. The number of aromatic nitrogens is 2. The van der Waals surface area contributed by atoms with Crippen LogP contribution >= 0.6 is 0 Å². The van der Waals surface area contributed by atoms with E-state index in [2.05, 4.69) is 4.98 Å². The highest BCUT2D eigenvalue weighted by molar-refractivity contribution is 7.91. The molecule has 1 aliphatic rings. The first-order valence-corrected chi connectivity index (χ1v) is 10.6. The Morgan fingerprint density at radius 1 is 1.35 bits per heavy atom. The van der Waals surface area contributed by atoms with E-state index in [4.69, 9.17) is 0 Å². The number of pyridine rings is 2. The molecule has 140 valence electrons. The summed E-state index contributed by atoms with van der Waals surface area (Å²) in [5.41, 5.74) is 1.06. The fraction of sp³-hybridized carbons (Fsp3) is 0.500. The van der Waals surface area contributed by atoms with E-state index in [-0.39, 0.29) is 28.5 Å². The van der Waals surface area contributed by atoms with Gasteiger partial charge in [0.2, 0.25) is 5.43 Å². The van der Waals surface area contributed by atoms with Crippen LogP contribution in [0.15, 0.2) is 23.1 Å². The molecule has 1 unspecified atom stereocenters. The second-order valence-electron chi connectivity index (χ2n) is 6.63. The molecule has 7 nitrogen and oxygen atoms in total. The monoisotopic (exact) mass is 377 g/mol. The van der Waals surface area contributed by atoms with Crippen LogP contribution in [-0.4, -0.2) is 52.9 Å². The molecule has 0 saturated carbocycles. The SMILES string of the molecule is CCN(C(=O)c1cn(CC)c2nc(C)ccc2c1=O)C1CCS(=O)(=O)C1. The molecule has 0 spiro atoms. The van der Waals surface area contributed by atoms with Gasteiger partial charge in [-0.25, -0.2) is 13.4 Å².